The maximum Gasteiger partial charge on any atom is 0.233 e. The summed E-state index contributed by atoms with van der Waals surface area (Å²) >= 11 is 0. The summed E-state index contributed by atoms with van der Waals surface area (Å²) in [6.07, 6.45) is 0. The van der Waals surface area contributed by atoms with Crippen molar-refractivity contribution < 1.29 is 4.79 Å². The molecule has 0 unspecified atom stereocenters. The summed E-state index contributed by atoms with van der Waals surface area (Å²) in [7, 11) is 1.91. The molecule has 0 saturated carbocycles. The van der Waals surface area contributed by atoms with E-state index in [1.54, 1.807) is 11.9 Å². The molecule has 0 spiro atoms. The molecule has 0 aliphatic carbocycles. The average molecular weight is 144 g/mol. The molecule has 0 saturated heterocycles. The first kappa shape index (κ1) is 9.43. The third kappa shape index (κ3) is 2.35. The summed E-state index contributed by atoms with van der Waals surface area (Å²) in [5.74, 6) is 0.104. The molecule has 3 heteroatoms. The van der Waals surface area contributed by atoms with Gasteiger partial charge >= 0.3 is 0 Å². The normalized spacial score (nSPS) is 10.1. The lowest BCUT2D eigenvalue weighted by Crippen LogP contribution is -2.42. The van der Waals surface area contributed by atoms with E-state index in [1.165, 1.54) is 0 Å². The quantitative estimate of drug-likeness (QED) is 0.545. The second-order valence-electron chi connectivity index (χ2n) is 2.21. The number of rotatable bonds is 3. The highest BCUT2D eigenvalue weighted by molar-refractivity contribution is 5.72. The Kier molecular flexibility index (Phi) is 4.03. The molecular formula is C7H16N2O. The molecule has 60 valence electrons. The van der Waals surface area contributed by atoms with Crippen LogP contribution < -0.4 is 0 Å². The highest BCUT2D eigenvalue weighted by Crippen LogP contribution is 1.93. The van der Waals surface area contributed by atoms with Gasteiger partial charge in [0.25, 0.3) is 0 Å². The summed E-state index contributed by atoms with van der Waals surface area (Å²) in [4.78, 5) is 10.9. The average Bonchev–Trinajstić information content (AvgIpc) is 1.88. The highest BCUT2D eigenvalue weighted by atomic mass is 16.2. The smallest absolute Gasteiger partial charge is 0.233 e. The van der Waals surface area contributed by atoms with E-state index in [1.807, 2.05) is 25.9 Å². The lowest BCUT2D eigenvalue weighted by molar-refractivity contribution is -0.143. The Morgan fingerprint density at radius 1 is 1.30 bits per heavy atom. The van der Waals surface area contributed by atoms with Gasteiger partial charge in [0.15, 0.2) is 0 Å². The molecule has 0 bridgehead atoms. The van der Waals surface area contributed by atoms with Gasteiger partial charge in [-0.25, -0.2) is 5.01 Å². The van der Waals surface area contributed by atoms with E-state index in [2.05, 4.69) is 0 Å². The number of hydrogen-bond acceptors (Lipinski definition) is 2. The molecule has 0 aromatic heterocycles. The number of hydrogen-bond donors (Lipinski definition) is 0. The van der Waals surface area contributed by atoms with Crippen molar-refractivity contribution in [2.45, 2.75) is 20.8 Å². The van der Waals surface area contributed by atoms with Crippen molar-refractivity contribution in [2.75, 3.05) is 20.1 Å². The lowest BCUT2D eigenvalue weighted by atomic mass is 10.6. The predicted octanol–water partition coefficient (Wildman–Crippen LogP) is 0.721. The minimum Gasteiger partial charge on any atom is -0.276 e. The Hall–Kier alpha value is -0.570. The van der Waals surface area contributed by atoms with Crippen molar-refractivity contribution in [3.8, 4) is 0 Å². The molecule has 0 aliphatic rings. The van der Waals surface area contributed by atoms with E-state index in [-0.39, 0.29) is 5.91 Å². The van der Waals surface area contributed by atoms with Crippen molar-refractivity contribution in [2.24, 2.45) is 0 Å². The van der Waals surface area contributed by atoms with Crippen LogP contribution in [0, 0.1) is 0 Å². The maximum absolute atomic E-state index is 10.9. The first-order chi connectivity index (χ1) is 4.63. The minimum atomic E-state index is 0.104. The molecule has 0 rings (SSSR count). The summed E-state index contributed by atoms with van der Waals surface area (Å²) in [6, 6.07) is 0. The summed E-state index contributed by atoms with van der Waals surface area (Å²) in [5.41, 5.74) is 0. The van der Waals surface area contributed by atoms with Crippen LogP contribution in [-0.2, 0) is 4.79 Å². The number of amides is 1. The largest absolute Gasteiger partial charge is 0.276 e. The van der Waals surface area contributed by atoms with E-state index in [0.29, 0.717) is 0 Å². The zero-order chi connectivity index (χ0) is 8.15. The number of nitrogens with zero attached hydrogens (tertiary/aromatic N) is 2. The van der Waals surface area contributed by atoms with Crippen LogP contribution in [0.25, 0.3) is 0 Å². The van der Waals surface area contributed by atoms with Crippen molar-refractivity contribution in [1.29, 1.82) is 0 Å². The maximum atomic E-state index is 10.9. The van der Waals surface area contributed by atoms with Crippen LogP contribution in [0.1, 0.15) is 20.8 Å². The Bertz CT molecular complexity index is 114. The number of hydrazine groups is 1. The van der Waals surface area contributed by atoms with Crippen LogP contribution in [0.15, 0.2) is 0 Å². The van der Waals surface area contributed by atoms with E-state index in [0.717, 1.165) is 13.1 Å². The number of carbonyl (C=O) groups is 1. The molecule has 3 nitrogen and oxygen atoms in total. The van der Waals surface area contributed by atoms with Gasteiger partial charge < -0.3 is 0 Å². The molecule has 0 radical (unpaired) electrons. The Balaban J connectivity index is 3.92. The van der Waals surface area contributed by atoms with E-state index >= 15 is 0 Å². The fourth-order valence-corrected chi connectivity index (χ4v) is 0.875. The van der Waals surface area contributed by atoms with Crippen LogP contribution in [0.5, 0.6) is 0 Å². The van der Waals surface area contributed by atoms with Gasteiger partial charge in [-0.2, -0.15) is 0 Å². The third-order valence-corrected chi connectivity index (χ3v) is 1.53. The molecule has 10 heavy (non-hydrogen) atoms. The monoisotopic (exact) mass is 144 g/mol. The summed E-state index contributed by atoms with van der Waals surface area (Å²) in [6.45, 7) is 7.18. The predicted molar refractivity (Wildman–Crippen MR) is 41.4 cm³/mol. The van der Waals surface area contributed by atoms with Crippen LogP contribution in [0.2, 0.25) is 0 Å². The Morgan fingerprint density at radius 3 is 1.90 bits per heavy atom. The van der Waals surface area contributed by atoms with Crippen molar-refractivity contribution >= 4 is 5.91 Å². The first-order valence-electron chi connectivity index (χ1n) is 3.62. The van der Waals surface area contributed by atoms with E-state index in [9.17, 15) is 4.79 Å². The van der Waals surface area contributed by atoms with Crippen LogP contribution in [0.4, 0.5) is 0 Å². The second-order valence-corrected chi connectivity index (χ2v) is 2.21. The van der Waals surface area contributed by atoms with E-state index < -0.39 is 0 Å². The van der Waals surface area contributed by atoms with Crippen molar-refractivity contribution in [1.82, 2.24) is 10.0 Å². The van der Waals surface area contributed by atoms with Gasteiger partial charge in [0, 0.05) is 27.1 Å². The molecule has 0 atom stereocenters. The molecule has 1 amide bonds. The highest BCUT2D eigenvalue weighted by Gasteiger charge is 2.08. The topological polar surface area (TPSA) is 23.6 Å². The van der Waals surface area contributed by atoms with Crippen LogP contribution in [0.3, 0.4) is 0 Å². The molecule has 0 fully saturated rings. The fraction of sp³-hybridized carbons (Fsp3) is 0.857. The van der Waals surface area contributed by atoms with Crippen LogP contribution in [-0.4, -0.2) is 36.1 Å². The molecule has 0 aromatic rings. The van der Waals surface area contributed by atoms with Gasteiger partial charge in [-0.05, 0) is 6.92 Å². The summed E-state index contributed by atoms with van der Waals surface area (Å²) in [5, 5.41) is 3.61. The zero-order valence-corrected chi connectivity index (χ0v) is 7.22. The standard InChI is InChI=1S/C7H16N2O/c1-5-8(4)9(6-2)7(3)10/h5-6H2,1-4H3. The van der Waals surface area contributed by atoms with Gasteiger partial charge in [0.05, 0.1) is 0 Å². The van der Waals surface area contributed by atoms with Gasteiger partial charge in [0.1, 0.15) is 0 Å². The molecular weight excluding hydrogens is 128 g/mol. The first-order valence-corrected chi connectivity index (χ1v) is 3.62. The summed E-state index contributed by atoms with van der Waals surface area (Å²) < 4.78 is 0. The van der Waals surface area contributed by atoms with Gasteiger partial charge in [-0.15, -0.1) is 0 Å². The minimum absolute atomic E-state index is 0.104. The number of carbonyl (C=O) groups excluding carboxylic acids is 1. The Labute approximate surface area is 62.6 Å². The van der Waals surface area contributed by atoms with Crippen LogP contribution >= 0.6 is 0 Å². The van der Waals surface area contributed by atoms with Crippen molar-refractivity contribution in [3.05, 3.63) is 0 Å². The zero-order valence-electron chi connectivity index (χ0n) is 7.22. The fourth-order valence-electron chi connectivity index (χ4n) is 0.875. The lowest BCUT2D eigenvalue weighted by Gasteiger charge is -2.28. The Morgan fingerprint density at radius 2 is 1.80 bits per heavy atom. The van der Waals surface area contributed by atoms with Gasteiger partial charge in [0.2, 0.25) is 5.91 Å². The molecule has 0 aliphatic heterocycles. The van der Waals surface area contributed by atoms with Gasteiger partial charge in [-0.3, -0.25) is 9.80 Å². The molecule has 0 N–H and O–H groups in total. The van der Waals surface area contributed by atoms with Crippen molar-refractivity contribution in [3.63, 3.8) is 0 Å². The second kappa shape index (κ2) is 4.28. The van der Waals surface area contributed by atoms with E-state index in [4.69, 9.17) is 0 Å². The molecule has 0 heterocycles. The SMILES string of the molecule is CCN(C)N(CC)C(C)=O. The molecule has 0 aromatic carbocycles. The van der Waals surface area contributed by atoms with Gasteiger partial charge in [-0.1, -0.05) is 6.92 Å². The third-order valence-electron chi connectivity index (χ3n) is 1.53.